The predicted molar refractivity (Wildman–Crippen MR) is 169 cm³/mol. The van der Waals surface area contributed by atoms with E-state index in [0.717, 1.165) is 38.0 Å². The Balaban J connectivity index is 1.31. The fourth-order valence-corrected chi connectivity index (χ4v) is 7.91. The Morgan fingerprint density at radius 2 is 1.72 bits per heavy atom. The molecular weight excluding hydrogens is 564 g/mol. The van der Waals surface area contributed by atoms with Crippen LogP contribution in [0.5, 0.6) is 0 Å². The van der Waals surface area contributed by atoms with Gasteiger partial charge in [0.15, 0.2) is 0 Å². The third-order valence-electron chi connectivity index (χ3n) is 8.54. The Labute approximate surface area is 256 Å². The van der Waals surface area contributed by atoms with Gasteiger partial charge in [-0.25, -0.2) is 13.1 Å². The predicted octanol–water partition coefficient (Wildman–Crippen LogP) is 2.80. The van der Waals surface area contributed by atoms with E-state index in [2.05, 4.69) is 32.1 Å². The summed E-state index contributed by atoms with van der Waals surface area (Å²) in [5, 5.41) is 3.01. The van der Waals surface area contributed by atoms with Crippen LogP contribution in [-0.2, 0) is 26.0 Å². The monoisotopic (exact) mass is 610 g/mol. The smallest absolute Gasteiger partial charge is 0.264 e. The number of aliphatic imine (C=N–C) groups is 1. The van der Waals surface area contributed by atoms with Crippen molar-refractivity contribution in [3.05, 3.63) is 64.7 Å². The van der Waals surface area contributed by atoms with Crippen molar-refractivity contribution in [2.45, 2.75) is 82.7 Å². The van der Waals surface area contributed by atoms with Crippen LogP contribution in [0.2, 0.25) is 0 Å². The average molecular weight is 611 g/mol. The minimum atomic E-state index is -3.89. The molecule has 2 aromatic rings. The molecule has 1 spiro atoms. The Morgan fingerprint density at radius 1 is 1.07 bits per heavy atom. The second kappa shape index (κ2) is 13.9. The minimum absolute atomic E-state index is 0.0536. The summed E-state index contributed by atoms with van der Waals surface area (Å²) >= 11 is 0. The van der Waals surface area contributed by atoms with Gasteiger partial charge in [-0.15, -0.1) is 0 Å². The molecule has 0 bridgehead atoms. The number of likely N-dealkylation sites (tertiary alicyclic amines) is 1. The van der Waals surface area contributed by atoms with E-state index in [4.69, 9.17) is 5.73 Å². The van der Waals surface area contributed by atoms with Crippen molar-refractivity contribution in [3.63, 3.8) is 0 Å². The normalized spacial score (nSPS) is 19.5. The lowest BCUT2D eigenvalue weighted by atomic mass is 9.81. The zero-order valence-corrected chi connectivity index (χ0v) is 26.7. The molecule has 2 aromatic carbocycles. The summed E-state index contributed by atoms with van der Waals surface area (Å²) in [5.41, 5.74) is 8.67. The summed E-state index contributed by atoms with van der Waals surface area (Å²) < 4.78 is 28.3. The van der Waals surface area contributed by atoms with Gasteiger partial charge in [0.25, 0.3) is 10.0 Å². The first-order valence-corrected chi connectivity index (χ1v) is 16.7. The van der Waals surface area contributed by atoms with E-state index in [1.54, 1.807) is 13.8 Å². The third kappa shape index (κ3) is 7.56. The van der Waals surface area contributed by atoms with Crippen LogP contribution in [0.1, 0.15) is 61.3 Å². The quantitative estimate of drug-likeness (QED) is 0.203. The van der Waals surface area contributed by atoms with Gasteiger partial charge < -0.3 is 20.9 Å². The number of piperidine rings is 1. The summed E-state index contributed by atoms with van der Waals surface area (Å²) in [4.78, 5) is 35.8. The topological polar surface area (TPSA) is 137 Å². The van der Waals surface area contributed by atoms with Gasteiger partial charge in [-0.1, -0.05) is 55.0 Å². The molecule has 4 N–H and O–H groups in total. The van der Waals surface area contributed by atoms with Gasteiger partial charge in [-0.05, 0) is 76.0 Å². The van der Waals surface area contributed by atoms with Crippen LogP contribution in [0.15, 0.2) is 52.4 Å². The van der Waals surface area contributed by atoms with Crippen LogP contribution < -0.4 is 15.8 Å². The van der Waals surface area contributed by atoms with Crippen LogP contribution in [0.3, 0.4) is 0 Å². The van der Waals surface area contributed by atoms with Crippen molar-refractivity contribution in [3.8, 4) is 0 Å². The molecule has 1 unspecified atom stereocenters. The van der Waals surface area contributed by atoms with Crippen molar-refractivity contribution >= 4 is 27.8 Å². The maximum absolute atomic E-state index is 13.6. The van der Waals surface area contributed by atoms with E-state index < -0.39 is 21.6 Å². The van der Waals surface area contributed by atoms with E-state index >= 15 is 0 Å². The summed E-state index contributed by atoms with van der Waals surface area (Å²) in [6, 6.07) is 13.4. The van der Waals surface area contributed by atoms with Gasteiger partial charge in [0, 0.05) is 32.7 Å². The van der Waals surface area contributed by atoms with Crippen molar-refractivity contribution in [1.29, 1.82) is 0 Å². The zero-order valence-electron chi connectivity index (χ0n) is 25.9. The lowest BCUT2D eigenvalue weighted by molar-refractivity contribution is -0.161. The SMILES string of the molecule is CCCN1C(=O)C(CCCN=C(N)NS(=O)(=O)c2c(C)cc(C)cc2C)NC(=O)C12CCN(CCc1ccccc1)CC2. The van der Waals surface area contributed by atoms with E-state index in [0.29, 0.717) is 43.4 Å². The Hall–Kier alpha value is -3.44. The van der Waals surface area contributed by atoms with Gasteiger partial charge in [-0.2, -0.15) is 0 Å². The van der Waals surface area contributed by atoms with Crippen molar-refractivity contribution < 1.29 is 18.0 Å². The molecule has 11 heteroatoms. The standard InChI is InChI=1S/C32H46N6O4S/c1-5-17-38-29(39)27(12-9-16-34-31(33)36-43(41,42)28-24(3)21-23(2)22-25(28)4)35-30(40)32(38)14-19-37(20-15-32)18-13-26-10-7-6-8-11-26/h6-8,10-11,21-22,27H,5,9,12-20H2,1-4H3,(H,35,40)(H3,33,34,36). The van der Waals surface area contributed by atoms with Gasteiger partial charge in [-0.3, -0.25) is 14.6 Å². The number of amides is 2. The Bertz CT molecular complexity index is 1410. The van der Waals surface area contributed by atoms with Crippen LogP contribution in [0.25, 0.3) is 0 Å². The highest BCUT2D eigenvalue weighted by molar-refractivity contribution is 7.90. The molecule has 0 saturated carbocycles. The van der Waals surface area contributed by atoms with Gasteiger partial charge in [0.1, 0.15) is 11.6 Å². The molecule has 2 amide bonds. The molecule has 2 saturated heterocycles. The number of carbonyl (C=O) groups excluding carboxylic acids is 2. The number of nitrogens with one attached hydrogen (secondary N) is 2. The first kappa shape index (κ1) is 32.5. The maximum atomic E-state index is 13.6. The summed E-state index contributed by atoms with van der Waals surface area (Å²) in [5.74, 6) is -0.334. The molecule has 4 rings (SSSR count). The lowest BCUT2D eigenvalue weighted by Gasteiger charge is -2.51. The lowest BCUT2D eigenvalue weighted by Crippen LogP contribution is -2.72. The molecule has 0 aliphatic carbocycles. The fourth-order valence-electron chi connectivity index (χ4n) is 6.50. The van der Waals surface area contributed by atoms with E-state index in [9.17, 15) is 18.0 Å². The number of hydrogen-bond acceptors (Lipinski definition) is 6. The molecule has 2 aliphatic heterocycles. The number of carbonyl (C=O) groups is 2. The first-order valence-electron chi connectivity index (χ1n) is 15.3. The van der Waals surface area contributed by atoms with Crippen molar-refractivity contribution in [1.82, 2.24) is 19.8 Å². The number of piperazine rings is 1. The Morgan fingerprint density at radius 3 is 2.35 bits per heavy atom. The molecule has 0 aromatic heterocycles. The Kier molecular flexibility index (Phi) is 10.5. The molecule has 10 nitrogen and oxygen atoms in total. The van der Waals surface area contributed by atoms with Crippen LogP contribution in [0, 0.1) is 20.8 Å². The fraction of sp³-hybridized carbons (Fsp3) is 0.531. The number of nitrogens with two attached hydrogens (primary N) is 1. The molecule has 43 heavy (non-hydrogen) atoms. The number of hydrogen-bond donors (Lipinski definition) is 3. The first-order chi connectivity index (χ1) is 20.5. The van der Waals surface area contributed by atoms with Gasteiger partial charge >= 0.3 is 0 Å². The van der Waals surface area contributed by atoms with Gasteiger partial charge in [0.05, 0.1) is 4.90 Å². The van der Waals surface area contributed by atoms with Crippen LogP contribution >= 0.6 is 0 Å². The second-order valence-electron chi connectivity index (χ2n) is 11.9. The van der Waals surface area contributed by atoms with Crippen molar-refractivity contribution in [2.75, 3.05) is 32.7 Å². The molecular formula is C32H46N6O4S. The number of sulfonamides is 1. The highest BCUT2D eigenvalue weighted by Gasteiger charge is 2.53. The highest BCUT2D eigenvalue weighted by Crippen LogP contribution is 2.34. The number of guanidine groups is 1. The summed E-state index contributed by atoms with van der Waals surface area (Å²) in [6.07, 6.45) is 3.82. The van der Waals surface area contributed by atoms with E-state index in [1.807, 2.05) is 49.1 Å². The minimum Gasteiger partial charge on any atom is -0.369 e. The molecule has 1 atom stereocenters. The zero-order chi connectivity index (χ0) is 31.2. The van der Waals surface area contributed by atoms with E-state index in [1.165, 1.54) is 5.56 Å². The largest absolute Gasteiger partial charge is 0.369 e. The summed E-state index contributed by atoms with van der Waals surface area (Å²) in [7, 11) is -3.89. The van der Waals surface area contributed by atoms with Gasteiger partial charge in [0.2, 0.25) is 17.8 Å². The number of nitrogens with zero attached hydrogens (tertiary/aromatic N) is 3. The second-order valence-corrected chi connectivity index (χ2v) is 13.5. The van der Waals surface area contributed by atoms with Crippen LogP contribution in [-0.4, -0.2) is 80.3 Å². The highest BCUT2D eigenvalue weighted by atomic mass is 32.2. The van der Waals surface area contributed by atoms with Crippen LogP contribution in [0.4, 0.5) is 0 Å². The number of aryl methyl sites for hydroxylation is 3. The maximum Gasteiger partial charge on any atom is 0.264 e. The van der Waals surface area contributed by atoms with Crippen molar-refractivity contribution in [2.24, 2.45) is 10.7 Å². The molecule has 2 aliphatic rings. The molecule has 2 fully saturated rings. The molecule has 234 valence electrons. The molecule has 2 heterocycles. The third-order valence-corrected chi connectivity index (χ3v) is 10.2. The average Bonchev–Trinajstić information content (AvgIpc) is 2.95. The molecule has 0 radical (unpaired) electrons. The van der Waals surface area contributed by atoms with E-state index in [-0.39, 0.29) is 29.2 Å². The number of benzene rings is 2. The summed E-state index contributed by atoms with van der Waals surface area (Å²) in [6.45, 7) is 10.7. The number of rotatable bonds is 11.